The molecule has 0 radical (unpaired) electrons. The van der Waals surface area contributed by atoms with Crippen LogP contribution in [-0.4, -0.2) is 49.1 Å². The zero-order valence-corrected chi connectivity index (χ0v) is 10.9. The lowest BCUT2D eigenvalue weighted by Gasteiger charge is -2.31. The molecule has 1 aliphatic heterocycles. The van der Waals surface area contributed by atoms with Gasteiger partial charge in [0.1, 0.15) is 6.26 Å². The third-order valence-electron chi connectivity index (χ3n) is 3.00. The fourth-order valence-corrected chi connectivity index (χ4v) is 1.98. The van der Waals surface area contributed by atoms with Gasteiger partial charge in [-0.3, -0.25) is 9.59 Å². The number of morpholine rings is 1. The van der Waals surface area contributed by atoms with Crippen LogP contribution in [0.25, 0.3) is 0 Å². The summed E-state index contributed by atoms with van der Waals surface area (Å²) in [6.07, 6.45) is 3.20. The standard InChI is InChI=1S/C13H18N2O4/c1-10-8-15(5-7-19-10)12(16)2-4-14-13(17)11-3-6-18-9-11/h3,6,9-10H,2,4-5,7-8H2,1H3,(H,14,17). The van der Waals surface area contributed by atoms with Crippen molar-refractivity contribution in [2.24, 2.45) is 0 Å². The molecule has 0 bridgehead atoms. The number of amides is 2. The van der Waals surface area contributed by atoms with E-state index in [0.717, 1.165) is 0 Å². The predicted molar refractivity (Wildman–Crippen MR) is 67.7 cm³/mol. The van der Waals surface area contributed by atoms with Crippen LogP contribution in [0, 0.1) is 0 Å². The Morgan fingerprint density at radius 3 is 3.05 bits per heavy atom. The van der Waals surface area contributed by atoms with Crippen LogP contribution in [0.3, 0.4) is 0 Å². The molecule has 1 saturated heterocycles. The first-order valence-corrected chi connectivity index (χ1v) is 6.36. The van der Waals surface area contributed by atoms with Gasteiger partial charge >= 0.3 is 0 Å². The second-order valence-electron chi connectivity index (χ2n) is 4.54. The first-order chi connectivity index (χ1) is 9.16. The minimum absolute atomic E-state index is 0.0441. The van der Waals surface area contributed by atoms with E-state index in [4.69, 9.17) is 9.15 Å². The SMILES string of the molecule is CC1CN(C(=O)CCNC(=O)c2ccoc2)CCO1. The molecule has 1 aromatic rings. The number of ether oxygens (including phenoxy) is 1. The van der Waals surface area contributed by atoms with Crippen LogP contribution < -0.4 is 5.32 Å². The maximum atomic E-state index is 11.9. The van der Waals surface area contributed by atoms with Gasteiger partial charge in [-0.1, -0.05) is 0 Å². The summed E-state index contributed by atoms with van der Waals surface area (Å²) < 4.78 is 10.2. The summed E-state index contributed by atoms with van der Waals surface area (Å²) in [5.41, 5.74) is 0.465. The third-order valence-corrected chi connectivity index (χ3v) is 3.00. The van der Waals surface area contributed by atoms with Gasteiger partial charge in [0.25, 0.3) is 5.91 Å². The molecule has 1 unspecified atom stereocenters. The van der Waals surface area contributed by atoms with Crippen molar-refractivity contribution in [2.75, 3.05) is 26.2 Å². The molecule has 104 valence electrons. The quantitative estimate of drug-likeness (QED) is 0.868. The molecule has 0 aromatic carbocycles. The number of furan rings is 1. The van der Waals surface area contributed by atoms with Gasteiger partial charge in [-0.15, -0.1) is 0 Å². The van der Waals surface area contributed by atoms with Crippen molar-refractivity contribution in [3.05, 3.63) is 24.2 Å². The van der Waals surface area contributed by atoms with Crippen LogP contribution in [0.4, 0.5) is 0 Å². The number of nitrogens with zero attached hydrogens (tertiary/aromatic N) is 1. The Morgan fingerprint density at radius 1 is 1.53 bits per heavy atom. The number of hydrogen-bond acceptors (Lipinski definition) is 4. The van der Waals surface area contributed by atoms with Crippen LogP contribution >= 0.6 is 0 Å². The second-order valence-corrected chi connectivity index (χ2v) is 4.54. The number of nitrogens with one attached hydrogen (secondary N) is 1. The van der Waals surface area contributed by atoms with Crippen molar-refractivity contribution in [2.45, 2.75) is 19.4 Å². The largest absolute Gasteiger partial charge is 0.472 e. The summed E-state index contributed by atoms with van der Waals surface area (Å²) in [6, 6.07) is 1.58. The van der Waals surface area contributed by atoms with Gasteiger partial charge < -0.3 is 19.4 Å². The Balaban J connectivity index is 1.70. The number of carbonyl (C=O) groups is 2. The molecule has 1 aliphatic rings. The van der Waals surface area contributed by atoms with Crippen molar-refractivity contribution in [3.8, 4) is 0 Å². The van der Waals surface area contributed by atoms with E-state index in [9.17, 15) is 9.59 Å². The molecule has 0 aliphatic carbocycles. The molecule has 0 saturated carbocycles. The van der Waals surface area contributed by atoms with Gasteiger partial charge in [-0.05, 0) is 13.0 Å². The van der Waals surface area contributed by atoms with Gasteiger partial charge in [-0.2, -0.15) is 0 Å². The van der Waals surface area contributed by atoms with E-state index >= 15 is 0 Å². The maximum absolute atomic E-state index is 11.9. The maximum Gasteiger partial charge on any atom is 0.254 e. The third kappa shape index (κ3) is 3.82. The van der Waals surface area contributed by atoms with E-state index in [1.807, 2.05) is 6.92 Å². The van der Waals surface area contributed by atoms with Crippen LogP contribution in [0.5, 0.6) is 0 Å². The zero-order valence-electron chi connectivity index (χ0n) is 10.9. The van der Waals surface area contributed by atoms with E-state index < -0.39 is 0 Å². The van der Waals surface area contributed by atoms with E-state index in [-0.39, 0.29) is 17.9 Å². The Kier molecular flexibility index (Phi) is 4.57. The molecule has 19 heavy (non-hydrogen) atoms. The van der Waals surface area contributed by atoms with E-state index in [2.05, 4.69) is 5.32 Å². The summed E-state index contributed by atoms with van der Waals surface area (Å²) in [4.78, 5) is 25.3. The lowest BCUT2D eigenvalue weighted by Crippen LogP contribution is -2.45. The van der Waals surface area contributed by atoms with Gasteiger partial charge in [0, 0.05) is 26.1 Å². The van der Waals surface area contributed by atoms with Crippen molar-refractivity contribution in [1.82, 2.24) is 10.2 Å². The highest BCUT2D eigenvalue weighted by atomic mass is 16.5. The molecule has 6 nitrogen and oxygen atoms in total. The Morgan fingerprint density at radius 2 is 2.37 bits per heavy atom. The molecule has 1 atom stereocenters. The van der Waals surface area contributed by atoms with Gasteiger partial charge in [0.05, 0.1) is 24.5 Å². The second kappa shape index (κ2) is 6.38. The normalized spacial score (nSPS) is 19.2. The Bertz CT molecular complexity index is 430. The van der Waals surface area contributed by atoms with Crippen LogP contribution in [0.1, 0.15) is 23.7 Å². The summed E-state index contributed by atoms with van der Waals surface area (Å²) in [5, 5.41) is 2.69. The monoisotopic (exact) mass is 266 g/mol. The molecular formula is C13H18N2O4. The molecule has 2 amide bonds. The van der Waals surface area contributed by atoms with Gasteiger partial charge in [-0.25, -0.2) is 0 Å². The fourth-order valence-electron chi connectivity index (χ4n) is 1.98. The Labute approximate surface area is 111 Å². The smallest absolute Gasteiger partial charge is 0.254 e. The van der Waals surface area contributed by atoms with Gasteiger partial charge in [0.2, 0.25) is 5.91 Å². The van der Waals surface area contributed by atoms with E-state index in [0.29, 0.717) is 38.2 Å². The van der Waals surface area contributed by atoms with Crippen molar-refractivity contribution in [1.29, 1.82) is 0 Å². The average Bonchev–Trinajstić information content (AvgIpc) is 2.92. The fraction of sp³-hybridized carbons (Fsp3) is 0.538. The number of hydrogen-bond donors (Lipinski definition) is 1. The van der Waals surface area contributed by atoms with Crippen molar-refractivity contribution in [3.63, 3.8) is 0 Å². The molecular weight excluding hydrogens is 248 g/mol. The first-order valence-electron chi connectivity index (χ1n) is 6.36. The first kappa shape index (κ1) is 13.6. The van der Waals surface area contributed by atoms with Crippen LogP contribution in [0.15, 0.2) is 23.0 Å². The highest BCUT2D eigenvalue weighted by Gasteiger charge is 2.21. The van der Waals surface area contributed by atoms with E-state index in [1.165, 1.54) is 12.5 Å². The highest BCUT2D eigenvalue weighted by molar-refractivity contribution is 5.94. The average molecular weight is 266 g/mol. The molecule has 1 aromatic heterocycles. The minimum atomic E-state index is -0.225. The topological polar surface area (TPSA) is 71.8 Å². The van der Waals surface area contributed by atoms with Crippen LogP contribution in [0.2, 0.25) is 0 Å². The molecule has 2 heterocycles. The highest BCUT2D eigenvalue weighted by Crippen LogP contribution is 2.06. The van der Waals surface area contributed by atoms with Crippen LogP contribution in [-0.2, 0) is 9.53 Å². The summed E-state index contributed by atoms with van der Waals surface area (Å²) in [5.74, 6) is -0.181. The lowest BCUT2D eigenvalue weighted by atomic mass is 10.2. The zero-order chi connectivity index (χ0) is 13.7. The predicted octanol–water partition coefficient (Wildman–Crippen LogP) is 0.647. The molecule has 6 heteroatoms. The molecule has 1 N–H and O–H groups in total. The number of rotatable bonds is 4. The lowest BCUT2D eigenvalue weighted by molar-refractivity contribution is -0.137. The Hall–Kier alpha value is -1.82. The molecule has 1 fully saturated rings. The minimum Gasteiger partial charge on any atom is -0.472 e. The van der Waals surface area contributed by atoms with E-state index in [1.54, 1.807) is 11.0 Å². The van der Waals surface area contributed by atoms with Crippen molar-refractivity contribution >= 4 is 11.8 Å². The molecule has 2 rings (SSSR count). The van der Waals surface area contributed by atoms with Gasteiger partial charge in [0.15, 0.2) is 0 Å². The summed E-state index contributed by atoms with van der Waals surface area (Å²) in [7, 11) is 0. The summed E-state index contributed by atoms with van der Waals surface area (Å²) in [6.45, 7) is 4.09. The number of carbonyl (C=O) groups excluding carboxylic acids is 2. The summed E-state index contributed by atoms with van der Waals surface area (Å²) >= 11 is 0. The molecule has 0 spiro atoms. The van der Waals surface area contributed by atoms with Crippen molar-refractivity contribution < 1.29 is 18.7 Å².